The van der Waals surface area contributed by atoms with Gasteiger partial charge in [-0.1, -0.05) is 24.3 Å². The number of hydrogen-bond donors (Lipinski definition) is 4. The van der Waals surface area contributed by atoms with Crippen LogP contribution in [0.1, 0.15) is 36.8 Å². The summed E-state index contributed by atoms with van der Waals surface area (Å²) in [6, 6.07) is 41.4. The summed E-state index contributed by atoms with van der Waals surface area (Å²) in [6.07, 6.45) is 7.70. The lowest BCUT2D eigenvalue weighted by Crippen LogP contribution is -2.33. The van der Waals surface area contributed by atoms with Crippen molar-refractivity contribution in [2.75, 3.05) is 91.6 Å². The van der Waals surface area contributed by atoms with E-state index in [2.05, 4.69) is 43.0 Å². The van der Waals surface area contributed by atoms with Crippen LogP contribution in [0.25, 0.3) is 21.8 Å². The van der Waals surface area contributed by atoms with Crippen molar-refractivity contribution < 1.29 is 47.7 Å². The van der Waals surface area contributed by atoms with Crippen LogP contribution in [0.15, 0.2) is 134 Å². The Labute approximate surface area is 465 Å². The number of aromatic nitrogens is 2. The Morgan fingerprint density at radius 3 is 1.46 bits per heavy atom. The number of nitriles is 2. The van der Waals surface area contributed by atoms with Crippen LogP contribution in [-0.4, -0.2) is 113 Å². The zero-order valence-corrected chi connectivity index (χ0v) is 45.2. The number of rotatable bonds is 20. The molecule has 412 valence electrons. The van der Waals surface area contributed by atoms with Gasteiger partial charge in [-0.2, -0.15) is 10.5 Å². The van der Waals surface area contributed by atoms with Gasteiger partial charge in [-0.25, -0.2) is 0 Å². The predicted octanol–water partition coefficient (Wildman–Crippen LogP) is 11.3. The molecule has 0 radical (unpaired) electrons. The molecule has 18 heteroatoms. The summed E-state index contributed by atoms with van der Waals surface area (Å²) in [7, 11) is 6.34. The van der Waals surface area contributed by atoms with E-state index in [4.69, 9.17) is 42.6 Å². The molecule has 3 fully saturated rings. The highest BCUT2D eigenvalue weighted by Crippen LogP contribution is 2.40. The molecule has 2 aromatic heterocycles. The fourth-order valence-corrected chi connectivity index (χ4v) is 9.02. The van der Waals surface area contributed by atoms with Gasteiger partial charge in [0.25, 0.3) is 0 Å². The highest BCUT2D eigenvalue weighted by atomic mass is 16.6. The number of para-hydroxylation sites is 4. The Hall–Kier alpha value is -9.04. The fourth-order valence-electron chi connectivity index (χ4n) is 9.02. The fraction of sp³-hybridized carbons (Fsp3) is 0.290. The largest absolute Gasteiger partial charge is 0.493 e. The zero-order valence-electron chi connectivity index (χ0n) is 45.2. The zero-order chi connectivity index (χ0) is 55.6. The maximum absolute atomic E-state index is 10.5. The number of epoxide rings is 1. The van der Waals surface area contributed by atoms with Crippen LogP contribution in [0, 0.1) is 22.7 Å². The number of anilines is 4. The molecule has 11 rings (SSSR count). The highest BCUT2D eigenvalue weighted by Gasteiger charge is 2.25. The normalized spacial score (nSPS) is 14.7. The first-order valence-electron chi connectivity index (χ1n) is 26.4. The molecule has 18 nitrogen and oxygen atoms in total. The van der Waals surface area contributed by atoms with Gasteiger partial charge < -0.3 is 68.6 Å². The second-order valence-corrected chi connectivity index (χ2v) is 18.9. The van der Waals surface area contributed by atoms with Crippen molar-refractivity contribution in [3.8, 4) is 69.6 Å². The van der Waals surface area contributed by atoms with Crippen LogP contribution < -0.4 is 53.8 Å². The van der Waals surface area contributed by atoms with Crippen molar-refractivity contribution in [2.24, 2.45) is 0 Å². The van der Waals surface area contributed by atoms with Gasteiger partial charge in [0, 0.05) is 53.2 Å². The van der Waals surface area contributed by atoms with Crippen LogP contribution in [-0.2, 0) is 4.74 Å². The molecule has 0 unspecified atom stereocenters. The molecule has 3 saturated heterocycles. The third-order valence-corrected chi connectivity index (χ3v) is 13.3. The smallest absolute Gasteiger partial charge is 0.169 e. The maximum Gasteiger partial charge on any atom is 0.169 e. The number of pyridine rings is 2. The van der Waals surface area contributed by atoms with Gasteiger partial charge in [-0.15, -0.1) is 0 Å². The lowest BCUT2D eigenvalue weighted by molar-refractivity contribution is 0.0747. The van der Waals surface area contributed by atoms with Crippen molar-refractivity contribution in [2.45, 2.75) is 37.9 Å². The minimum absolute atomic E-state index is 0.122. The van der Waals surface area contributed by atoms with Crippen LogP contribution in [0.2, 0.25) is 0 Å². The Morgan fingerprint density at radius 1 is 0.600 bits per heavy atom. The number of likely N-dealkylation sites (tertiary alicyclic amines) is 1. The molecule has 0 saturated carbocycles. The molecule has 80 heavy (non-hydrogen) atoms. The molecule has 3 aliphatic heterocycles. The van der Waals surface area contributed by atoms with E-state index in [9.17, 15) is 15.6 Å². The molecule has 0 amide bonds. The van der Waals surface area contributed by atoms with Crippen molar-refractivity contribution >= 4 is 44.6 Å². The molecule has 8 aromatic rings. The first-order chi connectivity index (χ1) is 39.2. The van der Waals surface area contributed by atoms with E-state index in [0.717, 1.165) is 29.9 Å². The second-order valence-electron chi connectivity index (χ2n) is 18.9. The van der Waals surface area contributed by atoms with E-state index < -0.39 is 6.10 Å². The third kappa shape index (κ3) is 14.5. The number of methoxy groups -OCH3 is 4. The molecule has 6 aromatic carbocycles. The number of aliphatic hydroxyl groups is 1. The molecule has 0 aliphatic carbocycles. The van der Waals surface area contributed by atoms with Crippen molar-refractivity contribution in [3.05, 3.63) is 145 Å². The SMILES string of the molecule is C1CCNC1.COc1cc2c(Nc3ccc(Oc4ccccc4OC)cc3)c(C#N)cnc2cc1OC[C@@H](O)CN1CCCC1.COc1cc2c(Nc3ccc(Oc4ccccc4OC)cc3)c(C#N)cnc2cc1OC[C@@H]1CO1. The van der Waals surface area contributed by atoms with Gasteiger partial charge in [0.15, 0.2) is 46.0 Å². The van der Waals surface area contributed by atoms with E-state index in [1.165, 1.54) is 45.0 Å². The first kappa shape index (κ1) is 55.7. The number of benzene rings is 6. The Bertz CT molecular complexity index is 3420. The third-order valence-electron chi connectivity index (χ3n) is 13.3. The number of ether oxygens (including phenoxy) is 9. The molecule has 2 atom stereocenters. The van der Waals surface area contributed by atoms with Gasteiger partial charge in [-0.3, -0.25) is 9.97 Å². The van der Waals surface area contributed by atoms with Gasteiger partial charge in [0.05, 0.1) is 68.6 Å². The maximum atomic E-state index is 10.5. The Balaban J connectivity index is 0.000000179. The van der Waals surface area contributed by atoms with Crippen molar-refractivity contribution in [1.29, 1.82) is 10.5 Å². The van der Waals surface area contributed by atoms with Gasteiger partial charge >= 0.3 is 0 Å². The van der Waals surface area contributed by atoms with E-state index in [0.29, 0.717) is 116 Å². The van der Waals surface area contributed by atoms with Crippen LogP contribution in [0.5, 0.6) is 57.5 Å². The van der Waals surface area contributed by atoms with E-state index in [1.807, 2.05) is 109 Å². The number of hydrogen-bond acceptors (Lipinski definition) is 18. The summed E-state index contributed by atoms with van der Waals surface area (Å²) in [5.41, 5.74) is 4.88. The summed E-state index contributed by atoms with van der Waals surface area (Å²) < 4.78 is 50.8. The topological polar surface area (TPSA) is 219 Å². The number of β-amino-alcohol motifs (C(OH)–C–C–N with tert-alkyl or cyclic N) is 1. The van der Waals surface area contributed by atoms with E-state index in [-0.39, 0.29) is 12.7 Å². The minimum atomic E-state index is -0.611. The number of aliphatic hydroxyl groups excluding tert-OH is 1. The molecule has 5 heterocycles. The number of nitrogens with one attached hydrogen (secondary N) is 3. The lowest BCUT2D eigenvalue weighted by atomic mass is 10.1. The van der Waals surface area contributed by atoms with Gasteiger partial charge in [-0.05, 0) is 137 Å². The van der Waals surface area contributed by atoms with Gasteiger partial charge in [0.2, 0.25) is 0 Å². The molecule has 3 aliphatic rings. The Morgan fingerprint density at radius 2 is 1.05 bits per heavy atom. The summed E-state index contributed by atoms with van der Waals surface area (Å²) in [5, 5.41) is 41.4. The molecule has 0 bridgehead atoms. The number of fused-ring (bicyclic) bond motifs is 2. The molecular formula is C62H64N8O10. The van der Waals surface area contributed by atoms with Crippen molar-refractivity contribution in [1.82, 2.24) is 20.2 Å². The average Bonchev–Trinajstić information content (AvgIpc) is 3.82. The highest BCUT2D eigenvalue weighted by molar-refractivity contribution is 5.98. The Kier molecular flexibility index (Phi) is 19.2. The van der Waals surface area contributed by atoms with Crippen molar-refractivity contribution in [3.63, 3.8) is 0 Å². The van der Waals surface area contributed by atoms with Crippen LogP contribution >= 0.6 is 0 Å². The quantitative estimate of drug-likeness (QED) is 0.0521. The average molecular weight is 1080 g/mol. The molecule has 0 spiro atoms. The summed E-state index contributed by atoms with van der Waals surface area (Å²) >= 11 is 0. The minimum Gasteiger partial charge on any atom is -0.493 e. The van der Waals surface area contributed by atoms with Crippen LogP contribution in [0.3, 0.4) is 0 Å². The lowest BCUT2D eigenvalue weighted by Gasteiger charge is -2.20. The van der Waals surface area contributed by atoms with Crippen LogP contribution in [0.4, 0.5) is 22.7 Å². The summed E-state index contributed by atoms with van der Waals surface area (Å²) in [4.78, 5) is 11.2. The first-order valence-corrected chi connectivity index (χ1v) is 26.4. The monoisotopic (exact) mass is 1080 g/mol. The summed E-state index contributed by atoms with van der Waals surface area (Å²) in [5.74, 6) is 5.94. The molecular weight excluding hydrogens is 1020 g/mol. The second kappa shape index (κ2) is 27.5. The predicted molar refractivity (Wildman–Crippen MR) is 306 cm³/mol. The van der Waals surface area contributed by atoms with E-state index >= 15 is 0 Å². The van der Waals surface area contributed by atoms with E-state index in [1.54, 1.807) is 46.8 Å². The van der Waals surface area contributed by atoms with Gasteiger partial charge in [0.1, 0.15) is 49.1 Å². The summed E-state index contributed by atoms with van der Waals surface area (Å²) in [6.45, 7) is 6.39. The molecule has 4 N–H and O–H groups in total. The number of nitrogens with zero attached hydrogens (tertiary/aromatic N) is 5. The standard InChI is InChI=1S/C31H32N4O5.C27H23N3O5.C4H9N/c1-37-27-7-3-4-8-28(27)40-24-11-9-22(10-12-24)34-31-21(17-32)18-33-26-16-30(29(38-2)15-25(26)31)39-20-23(36)19-35-13-5-6-14-35;1-31-23-5-3-4-6-24(23)35-19-9-7-18(8-10-19)30-27-17(13-28)14-29-22-12-26(34-16-20-15-33-20)25(32-2)11-21(22)27;1-2-4-5-3-1/h3-4,7-12,15-16,18,23,36H,5-6,13-14,19-20H2,1-2H3,(H,33,34);3-12,14,20H,15-16H2,1-2H3,(H,29,30);5H,1-4H2/t23-;20-;/m00./s1.